The predicted molar refractivity (Wildman–Crippen MR) is 84.8 cm³/mol. The number of aryl methyl sites for hydroxylation is 1. The van der Waals surface area contributed by atoms with Crippen LogP contribution in [0.3, 0.4) is 0 Å². The number of halogens is 2. The van der Waals surface area contributed by atoms with Crippen LogP contribution in [0.4, 0.5) is 4.39 Å². The maximum Gasteiger partial charge on any atom is 0.142 e. The van der Waals surface area contributed by atoms with Gasteiger partial charge < -0.3 is 10.1 Å². The number of nitrogens with zero attached hydrogens (tertiary/aromatic N) is 1. The average molecular weight is 353 g/mol. The summed E-state index contributed by atoms with van der Waals surface area (Å²) in [5.74, 6) is 0.477. The summed E-state index contributed by atoms with van der Waals surface area (Å²) in [5, 5.41) is 3.25. The number of hydrogen-bond donors (Lipinski definition) is 1. The average Bonchev–Trinajstić information content (AvgIpc) is 2.47. The molecule has 3 nitrogen and oxygen atoms in total. The van der Waals surface area contributed by atoms with Crippen LogP contribution < -0.4 is 10.1 Å². The molecule has 0 aliphatic heterocycles. The lowest BCUT2D eigenvalue weighted by Gasteiger charge is -2.12. The minimum atomic E-state index is -0.274. The molecule has 0 atom stereocenters. The van der Waals surface area contributed by atoms with Gasteiger partial charge in [0.2, 0.25) is 0 Å². The Labute approximate surface area is 132 Å². The van der Waals surface area contributed by atoms with Crippen molar-refractivity contribution in [3.63, 3.8) is 0 Å². The van der Waals surface area contributed by atoms with Gasteiger partial charge in [0, 0.05) is 12.2 Å². The van der Waals surface area contributed by atoms with Crippen molar-refractivity contribution in [1.29, 1.82) is 0 Å². The second-order valence-corrected chi connectivity index (χ2v) is 5.57. The Hall–Kier alpha value is -1.46. The Morgan fingerprint density at radius 3 is 2.81 bits per heavy atom. The van der Waals surface area contributed by atoms with E-state index in [9.17, 15) is 4.39 Å². The Morgan fingerprint density at radius 1 is 1.29 bits per heavy atom. The summed E-state index contributed by atoms with van der Waals surface area (Å²) in [6, 6.07) is 8.71. The van der Waals surface area contributed by atoms with Crippen LogP contribution in [0.25, 0.3) is 0 Å². The number of ether oxygens (including phenoxy) is 1. The van der Waals surface area contributed by atoms with Gasteiger partial charge in [-0.3, -0.25) is 4.98 Å². The van der Waals surface area contributed by atoms with Crippen LogP contribution in [0, 0.1) is 12.7 Å². The number of aromatic nitrogens is 1. The van der Waals surface area contributed by atoms with Crippen molar-refractivity contribution in [3.8, 4) is 5.75 Å². The van der Waals surface area contributed by atoms with Gasteiger partial charge in [-0.2, -0.15) is 0 Å². The molecule has 1 aromatic carbocycles. The van der Waals surface area contributed by atoms with Gasteiger partial charge >= 0.3 is 0 Å². The molecule has 0 unspecified atom stereocenters. The van der Waals surface area contributed by atoms with Gasteiger partial charge in [-0.1, -0.05) is 13.0 Å². The third-order valence-corrected chi connectivity index (χ3v) is 3.60. The van der Waals surface area contributed by atoms with Gasteiger partial charge in [0.1, 0.15) is 18.2 Å². The van der Waals surface area contributed by atoms with Gasteiger partial charge in [-0.15, -0.1) is 0 Å². The molecular weight excluding hydrogens is 335 g/mol. The second-order valence-electron chi connectivity index (χ2n) is 4.71. The van der Waals surface area contributed by atoms with Crippen molar-refractivity contribution in [1.82, 2.24) is 10.3 Å². The minimum Gasteiger partial charge on any atom is -0.487 e. The van der Waals surface area contributed by atoms with E-state index in [1.807, 2.05) is 26.0 Å². The lowest BCUT2D eigenvalue weighted by Crippen LogP contribution is -2.14. The van der Waals surface area contributed by atoms with Crippen LogP contribution in [0.1, 0.15) is 23.9 Å². The molecule has 21 heavy (non-hydrogen) atoms. The van der Waals surface area contributed by atoms with Crippen molar-refractivity contribution in [3.05, 3.63) is 57.6 Å². The quantitative estimate of drug-likeness (QED) is 0.853. The lowest BCUT2D eigenvalue weighted by atomic mass is 10.2. The molecule has 1 aromatic heterocycles. The molecule has 0 aliphatic carbocycles. The maximum atomic E-state index is 13.2. The van der Waals surface area contributed by atoms with Crippen molar-refractivity contribution in [2.24, 2.45) is 0 Å². The van der Waals surface area contributed by atoms with Crippen molar-refractivity contribution < 1.29 is 9.13 Å². The molecule has 0 saturated heterocycles. The number of pyridine rings is 1. The van der Waals surface area contributed by atoms with Gasteiger partial charge in [0.15, 0.2) is 0 Å². The fourth-order valence-electron chi connectivity index (χ4n) is 1.89. The first kappa shape index (κ1) is 15.9. The molecule has 0 radical (unpaired) electrons. The Bertz CT molecular complexity index is 619. The first-order valence-corrected chi connectivity index (χ1v) is 7.63. The normalized spacial score (nSPS) is 10.7. The molecule has 2 aromatic rings. The monoisotopic (exact) mass is 352 g/mol. The molecule has 2 rings (SSSR count). The summed E-state index contributed by atoms with van der Waals surface area (Å²) in [5.41, 5.74) is 2.75. The highest BCUT2D eigenvalue weighted by molar-refractivity contribution is 9.10. The van der Waals surface area contributed by atoms with E-state index in [-0.39, 0.29) is 5.82 Å². The molecule has 0 aliphatic rings. The van der Waals surface area contributed by atoms with E-state index in [4.69, 9.17) is 4.74 Å². The summed E-state index contributed by atoms with van der Waals surface area (Å²) >= 11 is 3.18. The molecular formula is C16H18BrFN2O. The molecule has 0 amide bonds. The second kappa shape index (κ2) is 7.52. The molecule has 112 valence electrons. The summed E-state index contributed by atoms with van der Waals surface area (Å²) in [6.45, 7) is 5.92. The van der Waals surface area contributed by atoms with E-state index in [0.717, 1.165) is 29.2 Å². The smallest absolute Gasteiger partial charge is 0.142 e. The molecule has 5 heteroatoms. The fraction of sp³-hybridized carbons (Fsp3) is 0.312. The van der Waals surface area contributed by atoms with Crippen molar-refractivity contribution in [2.75, 3.05) is 6.54 Å². The van der Waals surface area contributed by atoms with Gasteiger partial charge in [0.25, 0.3) is 0 Å². The van der Waals surface area contributed by atoms with Gasteiger partial charge in [-0.05, 0) is 59.2 Å². The van der Waals surface area contributed by atoms with E-state index in [1.54, 1.807) is 12.1 Å². The van der Waals surface area contributed by atoms with Crippen LogP contribution in [-0.4, -0.2) is 11.5 Å². The molecule has 0 saturated carbocycles. The van der Waals surface area contributed by atoms with Crippen molar-refractivity contribution in [2.45, 2.75) is 27.0 Å². The fourth-order valence-corrected chi connectivity index (χ4v) is 2.32. The molecule has 0 spiro atoms. The zero-order chi connectivity index (χ0) is 15.2. The van der Waals surface area contributed by atoms with E-state index in [2.05, 4.69) is 26.2 Å². The van der Waals surface area contributed by atoms with Gasteiger partial charge in [0.05, 0.1) is 10.2 Å². The topological polar surface area (TPSA) is 34.2 Å². The number of nitrogens with one attached hydrogen (secondary N) is 1. The van der Waals surface area contributed by atoms with Crippen LogP contribution in [0.5, 0.6) is 5.75 Å². The standard InChI is InChI=1S/C16H18BrFN2O/c1-3-19-9-15-16(7-4-11(2)20-15)21-10-12-5-6-14(18)13(17)8-12/h4-8,19H,3,9-10H2,1-2H3. The Kier molecular flexibility index (Phi) is 5.70. The first-order chi connectivity index (χ1) is 10.1. The highest BCUT2D eigenvalue weighted by Gasteiger charge is 2.07. The Balaban J connectivity index is 2.09. The molecule has 1 N–H and O–H groups in total. The lowest BCUT2D eigenvalue weighted by molar-refractivity contribution is 0.300. The minimum absolute atomic E-state index is 0.274. The molecule has 1 heterocycles. The highest BCUT2D eigenvalue weighted by atomic mass is 79.9. The SMILES string of the molecule is CCNCc1nc(C)ccc1OCc1ccc(F)c(Br)c1. The van der Waals surface area contributed by atoms with Crippen LogP contribution in [0.15, 0.2) is 34.8 Å². The van der Waals surface area contributed by atoms with Gasteiger partial charge in [-0.25, -0.2) is 4.39 Å². The van der Waals surface area contributed by atoms with E-state index in [1.165, 1.54) is 6.07 Å². The van der Waals surface area contributed by atoms with Crippen LogP contribution >= 0.6 is 15.9 Å². The molecule has 0 bridgehead atoms. The summed E-state index contributed by atoms with van der Waals surface area (Å²) in [7, 11) is 0. The third-order valence-electron chi connectivity index (χ3n) is 2.99. The Morgan fingerprint density at radius 2 is 2.10 bits per heavy atom. The van der Waals surface area contributed by atoms with E-state index >= 15 is 0 Å². The third kappa shape index (κ3) is 4.51. The highest BCUT2D eigenvalue weighted by Crippen LogP contribution is 2.21. The maximum absolute atomic E-state index is 13.2. The summed E-state index contributed by atoms with van der Waals surface area (Å²) < 4.78 is 19.5. The van der Waals surface area contributed by atoms with E-state index < -0.39 is 0 Å². The number of benzene rings is 1. The van der Waals surface area contributed by atoms with Crippen LogP contribution in [-0.2, 0) is 13.2 Å². The van der Waals surface area contributed by atoms with E-state index in [0.29, 0.717) is 17.6 Å². The molecule has 0 fully saturated rings. The zero-order valence-electron chi connectivity index (χ0n) is 12.1. The van der Waals surface area contributed by atoms with Crippen LogP contribution in [0.2, 0.25) is 0 Å². The number of rotatable bonds is 6. The summed E-state index contributed by atoms with van der Waals surface area (Å²) in [4.78, 5) is 4.50. The summed E-state index contributed by atoms with van der Waals surface area (Å²) in [6.07, 6.45) is 0. The predicted octanol–water partition coefficient (Wildman–Crippen LogP) is 3.98. The number of hydrogen-bond acceptors (Lipinski definition) is 3. The first-order valence-electron chi connectivity index (χ1n) is 6.84. The largest absolute Gasteiger partial charge is 0.487 e. The zero-order valence-corrected chi connectivity index (χ0v) is 13.7. The van der Waals surface area contributed by atoms with Crippen molar-refractivity contribution >= 4 is 15.9 Å².